The van der Waals surface area contributed by atoms with Gasteiger partial charge in [-0.1, -0.05) is 0 Å². The second kappa shape index (κ2) is 7.22. The fourth-order valence-corrected chi connectivity index (χ4v) is 1.55. The topological polar surface area (TPSA) is 113 Å². The summed E-state index contributed by atoms with van der Waals surface area (Å²) in [5.74, 6) is -4.27. The second-order valence-corrected chi connectivity index (χ2v) is 4.14. The van der Waals surface area contributed by atoms with E-state index in [1.54, 1.807) is 0 Å². The molecule has 0 fully saturated rings. The third kappa shape index (κ3) is 4.75. The summed E-state index contributed by atoms with van der Waals surface area (Å²) in [5, 5.41) is 20.1. The van der Waals surface area contributed by atoms with E-state index in [9.17, 15) is 18.8 Å². The minimum atomic E-state index is -1.36. The van der Waals surface area contributed by atoms with E-state index in [4.69, 9.17) is 10.2 Å². The summed E-state index contributed by atoms with van der Waals surface area (Å²) in [5.41, 5.74) is -0.405. The maximum absolute atomic E-state index is 13.5. The van der Waals surface area contributed by atoms with Gasteiger partial charge in [0, 0.05) is 12.5 Å². The van der Waals surface area contributed by atoms with E-state index in [-0.39, 0.29) is 18.6 Å². The molecule has 0 bridgehead atoms. The van der Waals surface area contributed by atoms with Crippen LogP contribution in [0.25, 0.3) is 0 Å². The number of benzene rings is 1. The van der Waals surface area contributed by atoms with Gasteiger partial charge in [0.25, 0.3) is 5.91 Å². The van der Waals surface area contributed by atoms with Gasteiger partial charge in [0.05, 0.1) is 12.7 Å². The van der Waals surface area contributed by atoms with Gasteiger partial charge >= 0.3 is 11.9 Å². The molecule has 0 saturated carbocycles. The molecule has 0 unspecified atom stereocenters. The van der Waals surface area contributed by atoms with Gasteiger partial charge in [-0.15, -0.1) is 0 Å². The molecule has 8 heteroatoms. The van der Waals surface area contributed by atoms with Gasteiger partial charge in [-0.2, -0.15) is 0 Å². The van der Waals surface area contributed by atoms with E-state index >= 15 is 0 Å². The molecule has 3 N–H and O–H groups in total. The molecule has 0 aromatic heterocycles. The Labute approximate surface area is 119 Å². The van der Waals surface area contributed by atoms with Crippen LogP contribution in [0.5, 0.6) is 5.75 Å². The highest BCUT2D eigenvalue weighted by Gasteiger charge is 2.23. The van der Waals surface area contributed by atoms with E-state index in [0.717, 1.165) is 25.3 Å². The van der Waals surface area contributed by atoms with Gasteiger partial charge in [0.1, 0.15) is 17.6 Å². The minimum Gasteiger partial charge on any atom is -0.508 e. The molecule has 0 aliphatic carbocycles. The molecule has 1 aromatic carbocycles. The van der Waals surface area contributed by atoms with Crippen molar-refractivity contribution in [2.45, 2.75) is 18.9 Å². The van der Waals surface area contributed by atoms with E-state index in [1.165, 1.54) is 0 Å². The van der Waals surface area contributed by atoms with Gasteiger partial charge in [-0.05, 0) is 18.6 Å². The first kappa shape index (κ1) is 16.4. The van der Waals surface area contributed by atoms with Crippen LogP contribution in [-0.2, 0) is 14.3 Å². The number of carbonyl (C=O) groups is 3. The molecule has 7 nitrogen and oxygen atoms in total. The number of carboxylic acid groups (broad SMARTS) is 1. The molecule has 0 heterocycles. The maximum atomic E-state index is 13.5. The number of rotatable bonds is 6. The van der Waals surface area contributed by atoms with Crippen molar-refractivity contribution in [1.82, 2.24) is 5.32 Å². The number of carbonyl (C=O) groups excluding carboxylic acids is 2. The van der Waals surface area contributed by atoms with Gasteiger partial charge in [-0.3, -0.25) is 9.59 Å². The number of amides is 1. The van der Waals surface area contributed by atoms with Crippen LogP contribution in [0.2, 0.25) is 0 Å². The van der Waals surface area contributed by atoms with Crippen LogP contribution in [0.4, 0.5) is 4.39 Å². The quantitative estimate of drug-likeness (QED) is 0.665. The lowest BCUT2D eigenvalue weighted by atomic mass is 10.1. The molecule has 0 saturated heterocycles. The van der Waals surface area contributed by atoms with Crippen molar-refractivity contribution >= 4 is 17.8 Å². The summed E-state index contributed by atoms with van der Waals surface area (Å²) in [7, 11) is 1.16. The largest absolute Gasteiger partial charge is 0.508 e. The number of hydrogen-bond acceptors (Lipinski definition) is 5. The summed E-state index contributed by atoms with van der Waals surface area (Å²) in [6.45, 7) is 0. The van der Waals surface area contributed by atoms with E-state index in [1.807, 2.05) is 0 Å². The normalized spacial score (nSPS) is 11.5. The van der Waals surface area contributed by atoms with Gasteiger partial charge in [0.2, 0.25) is 0 Å². The van der Waals surface area contributed by atoms with Crippen LogP contribution in [-0.4, -0.2) is 41.2 Å². The number of carboxylic acids is 1. The van der Waals surface area contributed by atoms with Crippen molar-refractivity contribution in [2.24, 2.45) is 0 Å². The number of ether oxygens (including phenoxy) is 1. The van der Waals surface area contributed by atoms with Crippen molar-refractivity contribution in [1.29, 1.82) is 0 Å². The summed E-state index contributed by atoms with van der Waals surface area (Å²) in [6, 6.07) is 1.51. The summed E-state index contributed by atoms with van der Waals surface area (Å²) in [6.07, 6.45) is -0.390. The lowest BCUT2D eigenvalue weighted by Crippen LogP contribution is -2.41. The van der Waals surface area contributed by atoms with Crippen molar-refractivity contribution in [3.8, 4) is 5.75 Å². The highest BCUT2D eigenvalue weighted by atomic mass is 19.1. The average Bonchev–Trinajstić information content (AvgIpc) is 2.42. The Bertz CT molecular complexity index is 560. The van der Waals surface area contributed by atoms with Crippen LogP contribution in [0.1, 0.15) is 23.2 Å². The molecule has 1 aromatic rings. The summed E-state index contributed by atoms with van der Waals surface area (Å²) < 4.78 is 17.8. The molecule has 0 radical (unpaired) electrons. The van der Waals surface area contributed by atoms with Gasteiger partial charge in [0.15, 0.2) is 0 Å². The molecular formula is C13H14FNO6. The third-order valence-electron chi connectivity index (χ3n) is 2.67. The predicted molar refractivity (Wildman–Crippen MR) is 68.2 cm³/mol. The van der Waals surface area contributed by atoms with Crippen LogP contribution >= 0.6 is 0 Å². The number of hydrogen-bond donors (Lipinski definition) is 3. The Morgan fingerprint density at radius 2 is 2.05 bits per heavy atom. The number of nitrogens with one attached hydrogen (secondary N) is 1. The molecule has 114 valence electrons. The number of phenolic OH excluding ortho intramolecular Hbond substituents is 1. The number of methoxy groups -OCH3 is 1. The monoisotopic (exact) mass is 299 g/mol. The first-order chi connectivity index (χ1) is 9.85. The lowest BCUT2D eigenvalue weighted by molar-refractivity contribution is -0.142. The van der Waals surface area contributed by atoms with Crippen LogP contribution in [0.3, 0.4) is 0 Å². The zero-order valence-corrected chi connectivity index (χ0v) is 11.1. The first-order valence-electron chi connectivity index (χ1n) is 5.94. The molecule has 21 heavy (non-hydrogen) atoms. The predicted octanol–water partition coefficient (Wildman–Crippen LogP) is 0.667. The summed E-state index contributed by atoms with van der Waals surface area (Å²) in [4.78, 5) is 33.8. The standard InChI is InChI=1S/C13H14FNO6/c1-21-11(17)5-4-10(13(19)20)15-12(18)8-3-2-7(16)6-9(8)14/h2-3,6,10,16H,4-5H2,1H3,(H,15,18)(H,19,20)/t10-/m0/s1. The molecule has 1 amide bonds. The molecule has 0 spiro atoms. The zero-order valence-electron chi connectivity index (χ0n) is 11.1. The number of esters is 1. The Kier molecular flexibility index (Phi) is 5.65. The van der Waals surface area contributed by atoms with Crippen LogP contribution in [0, 0.1) is 5.82 Å². The molecule has 1 rings (SSSR count). The van der Waals surface area contributed by atoms with Gasteiger partial charge in [-0.25, -0.2) is 9.18 Å². The molecule has 0 aliphatic rings. The number of halogens is 1. The lowest BCUT2D eigenvalue weighted by Gasteiger charge is -2.14. The zero-order chi connectivity index (χ0) is 16.0. The van der Waals surface area contributed by atoms with E-state index in [0.29, 0.717) is 0 Å². The fraction of sp³-hybridized carbons (Fsp3) is 0.308. The van der Waals surface area contributed by atoms with Crippen molar-refractivity contribution < 1.29 is 33.7 Å². The van der Waals surface area contributed by atoms with Crippen molar-refractivity contribution in [3.05, 3.63) is 29.6 Å². The van der Waals surface area contributed by atoms with Crippen LogP contribution < -0.4 is 5.32 Å². The molecule has 1 atom stereocenters. The third-order valence-corrected chi connectivity index (χ3v) is 2.67. The molecule has 0 aliphatic heterocycles. The Hall–Kier alpha value is -2.64. The average molecular weight is 299 g/mol. The Morgan fingerprint density at radius 1 is 1.38 bits per heavy atom. The maximum Gasteiger partial charge on any atom is 0.326 e. The minimum absolute atomic E-state index is 0.187. The first-order valence-corrected chi connectivity index (χ1v) is 5.94. The SMILES string of the molecule is COC(=O)CC[C@H](NC(=O)c1ccc(O)cc1F)C(=O)O. The number of aromatic hydroxyl groups is 1. The highest BCUT2D eigenvalue weighted by Crippen LogP contribution is 2.15. The van der Waals surface area contributed by atoms with E-state index < -0.39 is 35.3 Å². The Morgan fingerprint density at radius 3 is 2.57 bits per heavy atom. The number of phenols is 1. The Balaban J connectivity index is 2.76. The fourth-order valence-electron chi connectivity index (χ4n) is 1.55. The summed E-state index contributed by atoms with van der Waals surface area (Å²) >= 11 is 0. The number of aliphatic carboxylic acids is 1. The smallest absolute Gasteiger partial charge is 0.326 e. The second-order valence-electron chi connectivity index (χ2n) is 4.14. The highest BCUT2D eigenvalue weighted by molar-refractivity contribution is 5.97. The van der Waals surface area contributed by atoms with Crippen LogP contribution in [0.15, 0.2) is 18.2 Å². The molecular weight excluding hydrogens is 285 g/mol. The van der Waals surface area contributed by atoms with Crippen molar-refractivity contribution in [3.63, 3.8) is 0 Å². The van der Waals surface area contributed by atoms with Gasteiger partial charge < -0.3 is 20.3 Å². The van der Waals surface area contributed by atoms with Crippen molar-refractivity contribution in [2.75, 3.05) is 7.11 Å². The van der Waals surface area contributed by atoms with E-state index in [2.05, 4.69) is 10.1 Å².